The predicted molar refractivity (Wildman–Crippen MR) is 122 cm³/mol. The largest absolute Gasteiger partial charge is 0.472 e. The van der Waals surface area contributed by atoms with Crippen LogP contribution in [-0.2, 0) is 32.7 Å². The molecule has 10 nitrogen and oxygen atoms in total. The van der Waals surface area contributed by atoms with Crippen molar-refractivity contribution in [2.75, 3.05) is 26.4 Å². The molecule has 0 rings (SSSR count). The van der Waals surface area contributed by atoms with E-state index in [1.807, 2.05) is 13.0 Å². The van der Waals surface area contributed by atoms with Crippen LogP contribution in [0.3, 0.4) is 0 Å². The molecule has 0 amide bonds. The predicted octanol–water partition coefficient (Wildman–Crippen LogP) is 3.43. The fourth-order valence-electron chi connectivity index (χ4n) is 2.57. The van der Waals surface area contributed by atoms with Crippen molar-refractivity contribution >= 4 is 19.8 Å². The Balaban J connectivity index is 4.65. The van der Waals surface area contributed by atoms with Crippen molar-refractivity contribution < 1.29 is 47.8 Å². The highest BCUT2D eigenvalue weighted by atomic mass is 31.2. The van der Waals surface area contributed by atoms with Crippen molar-refractivity contribution in [3.05, 3.63) is 12.2 Å². The third-order valence-electron chi connectivity index (χ3n) is 4.43. The van der Waals surface area contributed by atoms with Crippen LogP contribution in [0.15, 0.2) is 12.2 Å². The van der Waals surface area contributed by atoms with Gasteiger partial charge in [0, 0.05) is 6.42 Å². The molecule has 3 N–H and O–H groups in total. The Morgan fingerprint density at radius 1 is 0.909 bits per heavy atom. The number of phosphoric acid groups is 1. The first kappa shape index (κ1) is 31.7. The second-order valence-electron chi connectivity index (χ2n) is 7.67. The van der Waals surface area contributed by atoms with Crippen LogP contribution >= 0.6 is 7.82 Å². The van der Waals surface area contributed by atoms with E-state index in [9.17, 15) is 24.2 Å². The van der Waals surface area contributed by atoms with Gasteiger partial charge in [0.05, 0.1) is 26.2 Å². The highest BCUT2D eigenvalue weighted by Crippen LogP contribution is 2.43. The molecule has 0 radical (unpaired) electrons. The van der Waals surface area contributed by atoms with Gasteiger partial charge in [0.1, 0.15) is 12.7 Å². The van der Waals surface area contributed by atoms with Gasteiger partial charge in [-0.2, -0.15) is 0 Å². The summed E-state index contributed by atoms with van der Waals surface area (Å²) in [6.07, 6.45) is 9.10. The molecule has 3 atom stereocenters. The summed E-state index contributed by atoms with van der Waals surface area (Å²) in [5.74, 6) is -1.06. The molecule has 11 heteroatoms. The molecule has 1 unspecified atom stereocenters. The van der Waals surface area contributed by atoms with Gasteiger partial charge in [-0.15, -0.1) is 0 Å². The Bertz CT molecular complexity index is 596. The summed E-state index contributed by atoms with van der Waals surface area (Å²) in [6.45, 7) is 1.97. The molecular weight excluding hydrogens is 455 g/mol. The molecule has 0 aromatic carbocycles. The number of hydrogen-bond acceptors (Lipinski definition) is 9. The number of carbonyl (C=O) groups is 2. The summed E-state index contributed by atoms with van der Waals surface area (Å²) in [6, 6.07) is 0. The van der Waals surface area contributed by atoms with E-state index in [4.69, 9.17) is 19.1 Å². The summed E-state index contributed by atoms with van der Waals surface area (Å²) >= 11 is 0. The van der Waals surface area contributed by atoms with Crippen LogP contribution in [0.4, 0.5) is 0 Å². The first-order chi connectivity index (χ1) is 15.7. The molecule has 0 bridgehead atoms. The zero-order valence-electron chi connectivity index (χ0n) is 19.9. The van der Waals surface area contributed by atoms with E-state index >= 15 is 0 Å². The number of unbranched alkanes of at least 4 members (excludes halogenated alkanes) is 6. The van der Waals surface area contributed by atoms with Gasteiger partial charge in [-0.1, -0.05) is 64.5 Å². The van der Waals surface area contributed by atoms with Crippen molar-refractivity contribution in [3.8, 4) is 0 Å². The molecule has 0 aliphatic heterocycles. The average Bonchev–Trinajstić information content (AvgIpc) is 2.79. The molecule has 0 saturated carbocycles. The van der Waals surface area contributed by atoms with Gasteiger partial charge < -0.3 is 24.6 Å². The zero-order chi connectivity index (χ0) is 25.0. The monoisotopic (exact) mass is 496 g/mol. The lowest BCUT2D eigenvalue weighted by Crippen LogP contribution is -2.29. The highest BCUT2D eigenvalue weighted by Gasteiger charge is 2.27. The van der Waals surface area contributed by atoms with Crippen molar-refractivity contribution in [3.63, 3.8) is 0 Å². The van der Waals surface area contributed by atoms with Crippen molar-refractivity contribution in [2.45, 2.75) is 90.3 Å². The Kier molecular flexibility index (Phi) is 19.3. The summed E-state index contributed by atoms with van der Waals surface area (Å²) < 4.78 is 31.7. The normalized spacial score (nSPS) is 15.2. The average molecular weight is 497 g/mol. The van der Waals surface area contributed by atoms with Gasteiger partial charge in [0.25, 0.3) is 0 Å². The van der Waals surface area contributed by atoms with Gasteiger partial charge in [0.2, 0.25) is 0 Å². The second kappa shape index (κ2) is 20.1. The van der Waals surface area contributed by atoms with Crippen molar-refractivity contribution in [1.82, 2.24) is 0 Å². The molecule has 0 aromatic heterocycles. The number of phosphoric ester groups is 1. The third kappa shape index (κ3) is 19.9. The second-order valence-corrected chi connectivity index (χ2v) is 9.13. The Morgan fingerprint density at radius 3 is 2.24 bits per heavy atom. The maximum atomic E-state index is 12.2. The fraction of sp³-hybridized carbons (Fsp3) is 0.818. The van der Waals surface area contributed by atoms with Crippen LogP contribution in [0.5, 0.6) is 0 Å². The molecule has 0 saturated heterocycles. The van der Waals surface area contributed by atoms with E-state index in [0.717, 1.165) is 44.9 Å². The zero-order valence-corrected chi connectivity index (χ0v) is 20.7. The number of aliphatic hydroxyl groups is 2. The maximum Gasteiger partial charge on any atom is 0.472 e. The summed E-state index contributed by atoms with van der Waals surface area (Å²) in [7, 11) is -4.58. The molecule has 0 aliphatic carbocycles. The third-order valence-corrected chi connectivity index (χ3v) is 5.38. The SMILES string of the molecule is CCC/C=C/CC(=O)OC[C@H](COP(=O)(O)OC[C@@H](O)CO)OC(=O)CCCCCCCC. The van der Waals surface area contributed by atoms with Crippen LogP contribution in [0, 0.1) is 0 Å². The van der Waals surface area contributed by atoms with E-state index in [1.54, 1.807) is 6.08 Å². The molecule has 0 heterocycles. The number of aliphatic hydroxyl groups excluding tert-OH is 2. The fourth-order valence-corrected chi connectivity index (χ4v) is 3.36. The highest BCUT2D eigenvalue weighted by molar-refractivity contribution is 7.47. The lowest BCUT2D eigenvalue weighted by atomic mass is 10.1. The minimum atomic E-state index is -4.58. The number of ether oxygens (including phenoxy) is 2. The van der Waals surface area contributed by atoms with Crippen LogP contribution in [0.25, 0.3) is 0 Å². The molecule has 0 aliphatic rings. The van der Waals surface area contributed by atoms with Crippen LogP contribution in [0.1, 0.15) is 78.1 Å². The topological polar surface area (TPSA) is 149 Å². The van der Waals surface area contributed by atoms with E-state index in [1.165, 1.54) is 0 Å². The van der Waals surface area contributed by atoms with Crippen LogP contribution in [-0.4, -0.2) is 65.7 Å². The smallest absolute Gasteiger partial charge is 0.461 e. The molecule has 0 fully saturated rings. The van der Waals surface area contributed by atoms with E-state index < -0.39 is 51.8 Å². The minimum absolute atomic E-state index is 0.0555. The lowest BCUT2D eigenvalue weighted by Gasteiger charge is -2.20. The number of carbonyl (C=O) groups excluding carboxylic acids is 2. The Hall–Kier alpha value is -1.29. The minimum Gasteiger partial charge on any atom is -0.461 e. The van der Waals surface area contributed by atoms with Gasteiger partial charge in [-0.05, 0) is 12.8 Å². The lowest BCUT2D eigenvalue weighted by molar-refractivity contribution is -0.160. The van der Waals surface area contributed by atoms with Crippen LogP contribution < -0.4 is 0 Å². The first-order valence-electron chi connectivity index (χ1n) is 11.6. The molecule has 33 heavy (non-hydrogen) atoms. The van der Waals surface area contributed by atoms with Gasteiger partial charge >= 0.3 is 19.8 Å². The Labute approximate surface area is 196 Å². The number of allylic oxidation sites excluding steroid dienone is 1. The van der Waals surface area contributed by atoms with Gasteiger partial charge in [-0.3, -0.25) is 18.6 Å². The summed E-state index contributed by atoms with van der Waals surface area (Å²) in [5.41, 5.74) is 0. The summed E-state index contributed by atoms with van der Waals surface area (Å²) in [5, 5.41) is 18.0. The standard InChI is InChI=1S/C22H41O10P/c1-3-5-7-9-10-12-14-22(26)32-20(17-29-21(25)13-11-8-6-4-2)18-31-33(27,28)30-16-19(24)15-23/h8,11,19-20,23-24H,3-7,9-10,12-18H2,1-2H3,(H,27,28)/b11-8+/t19-,20+/m0/s1. The van der Waals surface area contributed by atoms with E-state index in [0.29, 0.717) is 6.42 Å². The van der Waals surface area contributed by atoms with Gasteiger partial charge in [-0.25, -0.2) is 4.57 Å². The van der Waals surface area contributed by atoms with Gasteiger partial charge in [0.15, 0.2) is 6.10 Å². The van der Waals surface area contributed by atoms with Crippen molar-refractivity contribution in [1.29, 1.82) is 0 Å². The summed E-state index contributed by atoms with van der Waals surface area (Å²) in [4.78, 5) is 33.7. The molecule has 0 spiro atoms. The first-order valence-corrected chi connectivity index (χ1v) is 13.1. The number of rotatable bonds is 21. The molecular formula is C22H41O10P. The molecule has 194 valence electrons. The van der Waals surface area contributed by atoms with Crippen LogP contribution in [0.2, 0.25) is 0 Å². The quantitative estimate of drug-likeness (QED) is 0.0934. The molecule has 0 aromatic rings. The Morgan fingerprint density at radius 2 is 1.58 bits per heavy atom. The van der Waals surface area contributed by atoms with E-state index in [-0.39, 0.29) is 19.4 Å². The number of esters is 2. The number of hydrogen-bond donors (Lipinski definition) is 3. The van der Waals surface area contributed by atoms with Crippen molar-refractivity contribution in [2.24, 2.45) is 0 Å². The van der Waals surface area contributed by atoms with E-state index in [2.05, 4.69) is 11.4 Å². The maximum absolute atomic E-state index is 12.2.